The number of aromatic nitrogens is 1. The van der Waals surface area contributed by atoms with E-state index in [0.29, 0.717) is 6.54 Å². The molecule has 0 saturated carbocycles. The molecule has 4 nitrogen and oxygen atoms in total. The minimum atomic E-state index is -0.175. The fraction of sp³-hybridized carbons (Fsp3) is 0.667. The predicted octanol–water partition coefficient (Wildman–Crippen LogP) is 1.84. The number of aryl methyl sites for hydroxylation is 1. The van der Waals surface area contributed by atoms with Crippen LogP contribution in [0.25, 0.3) is 0 Å². The van der Waals surface area contributed by atoms with E-state index in [1.165, 1.54) is 0 Å². The summed E-state index contributed by atoms with van der Waals surface area (Å²) < 4.78 is 0. The van der Waals surface area contributed by atoms with Crippen molar-refractivity contribution in [3.63, 3.8) is 0 Å². The van der Waals surface area contributed by atoms with Gasteiger partial charge in [0.2, 0.25) is 5.91 Å². The lowest BCUT2D eigenvalue weighted by molar-refractivity contribution is -0.123. The molecule has 0 radical (unpaired) electrons. The first-order valence-electron chi connectivity index (χ1n) is 5.98. The monoisotopic (exact) mass is 255 g/mol. The average molecular weight is 255 g/mol. The van der Waals surface area contributed by atoms with Gasteiger partial charge in [0.25, 0.3) is 0 Å². The Morgan fingerprint density at radius 2 is 2.24 bits per heavy atom. The van der Waals surface area contributed by atoms with E-state index in [2.05, 4.69) is 22.5 Å². The third-order valence-electron chi connectivity index (χ3n) is 2.65. The molecule has 0 aliphatic carbocycles. The highest BCUT2D eigenvalue weighted by molar-refractivity contribution is 7.11. The molecule has 96 valence electrons. The molecule has 0 aliphatic heterocycles. The van der Waals surface area contributed by atoms with Crippen molar-refractivity contribution in [3.05, 3.63) is 16.1 Å². The first-order valence-corrected chi connectivity index (χ1v) is 6.79. The molecule has 0 saturated heterocycles. The molecule has 1 heterocycles. The number of carbonyl (C=O) groups is 1. The molecule has 2 unspecified atom stereocenters. The largest absolute Gasteiger partial charge is 0.352 e. The fourth-order valence-electron chi connectivity index (χ4n) is 1.30. The van der Waals surface area contributed by atoms with Crippen molar-refractivity contribution in [2.75, 3.05) is 0 Å². The van der Waals surface area contributed by atoms with Gasteiger partial charge in [-0.2, -0.15) is 0 Å². The Morgan fingerprint density at radius 3 is 2.76 bits per heavy atom. The van der Waals surface area contributed by atoms with Gasteiger partial charge in [-0.25, -0.2) is 4.98 Å². The molecule has 2 N–H and O–H groups in total. The maximum Gasteiger partial charge on any atom is 0.237 e. The zero-order valence-electron chi connectivity index (χ0n) is 10.9. The second-order valence-corrected chi connectivity index (χ2v) is 5.59. The van der Waals surface area contributed by atoms with E-state index < -0.39 is 0 Å². The summed E-state index contributed by atoms with van der Waals surface area (Å²) in [6.07, 6.45) is 2.80. The number of hydrogen-bond acceptors (Lipinski definition) is 4. The number of nitrogens with one attached hydrogen (secondary N) is 2. The standard InChI is InChI=1S/C12H21N3OS/c1-5-8(2)15-12(16)9(3)13-6-11-7-14-10(4)17-11/h7-9,13H,5-6H2,1-4H3,(H,15,16). The summed E-state index contributed by atoms with van der Waals surface area (Å²) >= 11 is 1.65. The van der Waals surface area contributed by atoms with Gasteiger partial charge >= 0.3 is 0 Å². The van der Waals surface area contributed by atoms with Crippen LogP contribution in [0.1, 0.15) is 37.1 Å². The summed E-state index contributed by atoms with van der Waals surface area (Å²) in [6, 6.07) is 0.0591. The average Bonchev–Trinajstić information content (AvgIpc) is 2.71. The normalized spacial score (nSPS) is 14.4. The van der Waals surface area contributed by atoms with Gasteiger partial charge in [-0.3, -0.25) is 4.79 Å². The number of hydrogen-bond donors (Lipinski definition) is 2. The van der Waals surface area contributed by atoms with Crippen molar-refractivity contribution < 1.29 is 4.79 Å². The third kappa shape index (κ3) is 4.83. The van der Waals surface area contributed by atoms with E-state index >= 15 is 0 Å². The van der Waals surface area contributed by atoms with Gasteiger partial charge in [0, 0.05) is 23.7 Å². The molecule has 2 atom stereocenters. The number of thiazole rings is 1. The third-order valence-corrected chi connectivity index (χ3v) is 3.56. The van der Waals surface area contributed by atoms with Crippen LogP contribution in [0.5, 0.6) is 0 Å². The summed E-state index contributed by atoms with van der Waals surface area (Å²) in [6.45, 7) is 8.62. The van der Waals surface area contributed by atoms with Gasteiger partial charge in [-0.1, -0.05) is 6.92 Å². The number of amides is 1. The van der Waals surface area contributed by atoms with E-state index in [4.69, 9.17) is 0 Å². The smallest absolute Gasteiger partial charge is 0.237 e. The number of nitrogens with zero attached hydrogens (tertiary/aromatic N) is 1. The van der Waals surface area contributed by atoms with Crippen LogP contribution in [-0.2, 0) is 11.3 Å². The van der Waals surface area contributed by atoms with Gasteiger partial charge < -0.3 is 10.6 Å². The van der Waals surface area contributed by atoms with Crippen LogP contribution in [0.15, 0.2) is 6.20 Å². The molecule has 1 aromatic heterocycles. The van der Waals surface area contributed by atoms with E-state index in [9.17, 15) is 4.79 Å². The molecule has 0 fully saturated rings. The second kappa shape index (κ2) is 6.71. The molecule has 0 aromatic carbocycles. The lowest BCUT2D eigenvalue weighted by Crippen LogP contribution is -2.44. The Morgan fingerprint density at radius 1 is 1.53 bits per heavy atom. The molecule has 1 rings (SSSR count). The highest BCUT2D eigenvalue weighted by Gasteiger charge is 2.13. The van der Waals surface area contributed by atoms with Crippen molar-refractivity contribution in [1.82, 2.24) is 15.6 Å². The summed E-state index contributed by atoms with van der Waals surface area (Å²) in [5.41, 5.74) is 0. The van der Waals surface area contributed by atoms with Gasteiger partial charge in [-0.05, 0) is 27.2 Å². The van der Waals surface area contributed by atoms with Crippen LogP contribution in [0, 0.1) is 6.92 Å². The van der Waals surface area contributed by atoms with Crippen molar-refractivity contribution in [1.29, 1.82) is 0 Å². The first kappa shape index (κ1) is 14.1. The minimum absolute atomic E-state index is 0.0561. The lowest BCUT2D eigenvalue weighted by atomic mass is 10.2. The van der Waals surface area contributed by atoms with Gasteiger partial charge in [-0.15, -0.1) is 11.3 Å². The Kier molecular flexibility index (Phi) is 5.58. The molecule has 0 spiro atoms. The van der Waals surface area contributed by atoms with Gasteiger partial charge in [0.15, 0.2) is 0 Å². The Labute approximate surface area is 107 Å². The Balaban J connectivity index is 2.33. The van der Waals surface area contributed by atoms with Crippen molar-refractivity contribution in [3.8, 4) is 0 Å². The SMILES string of the molecule is CCC(C)NC(=O)C(C)NCc1cnc(C)s1. The zero-order valence-corrected chi connectivity index (χ0v) is 11.7. The van der Waals surface area contributed by atoms with Crippen LogP contribution in [0.2, 0.25) is 0 Å². The second-order valence-electron chi connectivity index (χ2n) is 4.27. The van der Waals surface area contributed by atoms with E-state index in [0.717, 1.165) is 16.3 Å². The fourth-order valence-corrected chi connectivity index (χ4v) is 2.05. The number of carbonyl (C=O) groups excluding carboxylic acids is 1. The minimum Gasteiger partial charge on any atom is -0.352 e. The van der Waals surface area contributed by atoms with Crippen LogP contribution >= 0.6 is 11.3 Å². The molecule has 1 amide bonds. The van der Waals surface area contributed by atoms with E-state index in [1.54, 1.807) is 11.3 Å². The van der Waals surface area contributed by atoms with Crippen molar-refractivity contribution in [2.45, 2.75) is 52.7 Å². The highest BCUT2D eigenvalue weighted by atomic mass is 32.1. The predicted molar refractivity (Wildman–Crippen MR) is 71.0 cm³/mol. The molecule has 17 heavy (non-hydrogen) atoms. The summed E-state index contributed by atoms with van der Waals surface area (Å²) in [5, 5.41) is 7.21. The summed E-state index contributed by atoms with van der Waals surface area (Å²) in [7, 11) is 0. The van der Waals surface area contributed by atoms with Crippen molar-refractivity contribution in [2.24, 2.45) is 0 Å². The van der Waals surface area contributed by atoms with E-state index in [1.807, 2.05) is 27.0 Å². The van der Waals surface area contributed by atoms with Crippen LogP contribution in [0.3, 0.4) is 0 Å². The Hall–Kier alpha value is -0.940. The topological polar surface area (TPSA) is 54.0 Å². The molecule has 0 aliphatic rings. The molecular formula is C12H21N3OS. The highest BCUT2D eigenvalue weighted by Crippen LogP contribution is 2.10. The first-order chi connectivity index (χ1) is 8.02. The quantitative estimate of drug-likeness (QED) is 0.815. The maximum absolute atomic E-state index is 11.8. The summed E-state index contributed by atoms with van der Waals surface area (Å²) in [4.78, 5) is 17.1. The maximum atomic E-state index is 11.8. The molecular weight excluding hydrogens is 234 g/mol. The van der Waals surface area contributed by atoms with Gasteiger partial charge in [0.1, 0.15) is 0 Å². The zero-order chi connectivity index (χ0) is 12.8. The van der Waals surface area contributed by atoms with Crippen molar-refractivity contribution >= 4 is 17.2 Å². The number of rotatable bonds is 6. The molecule has 5 heteroatoms. The summed E-state index contributed by atoms with van der Waals surface area (Å²) in [5.74, 6) is 0.0561. The van der Waals surface area contributed by atoms with Crippen LogP contribution in [0.4, 0.5) is 0 Å². The van der Waals surface area contributed by atoms with Crippen LogP contribution < -0.4 is 10.6 Å². The van der Waals surface area contributed by atoms with E-state index in [-0.39, 0.29) is 18.0 Å². The van der Waals surface area contributed by atoms with Gasteiger partial charge in [0.05, 0.1) is 11.0 Å². The van der Waals surface area contributed by atoms with Crippen LogP contribution in [-0.4, -0.2) is 23.0 Å². The molecule has 0 bridgehead atoms. The molecule has 1 aromatic rings. The lowest BCUT2D eigenvalue weighted by Gasteiger charge is -2.16. The Bertz CT molecular complexity index is 364.